The van der Waals surface area contributed by atoms with Gasteiger partial charge >= 0.3 is 0 Å². The van der Waals surface area contributed by atoms with Crippen molar-refractivity contribution in [2.45, 2.75) is 13.2 Å². The van der Waals surface area contributed by atoms with Gasteiger partial charge in [0, 0.05) is 11.1 Å². The summed E-state index contributed by atoms with van der Waals surface area (Å²) in [5, 5.41) is 10.5. The van der Waals surface area contributed by atoms with Gasteiger partial charge in [0.1, 0.15) is 24.7 Å². The third-order valence-electron chi connectivity index (χ3n) is 3.86. The molecule has 0 aliphatic rings. The summed E-state index contributed by atoms with van der Waals surface area (Å²) in [6.45, 7) is 0.724. The Morgan fingerprint density at radius 2 is 1.33 bits per heavy atom. The van der Waals surface area contributed by atoms with Crippen LogP contribution in [-0.4, -0.2) is 12.2 Å². The summed E-state index contributed by atoms with van der Waals surface area (Å²) in [6.07, 6.45) is 0. The minimum atomic E-state index is -0.0908. The SMILES string of the molecule is COc1ccc(COc2ccc(COc3c(O)cc(Cl)cc3Cl)cc2)cc1. The average molecular weight is 405 g/mol. The lowest BCUT2D eigenvalue weighted by Gasteiger charge is -2.11. The average Bonchev–Trinajstić information content (AvgIpc) is 2.67. The maximum absolute atomic E-state index is 9.88. The van der Waals surface area contributed by atoms with E-state index in [0.29, 0.717) is 11.6 Å². The van der Waals surface area contributed by atoms with E-state index in [1.54, 1.807) is 7.11 Å². The second-order valence-corrected chi connectivity index (χ2v) is 6.65. The molecule has 3 aromatic rings. The zero-order valence-corrected chi connectivity index (χ0v) is 16.1. The molecule has 0 bridgehead atoms. The smallest absolute Gasteiger partial charge is 0.180 e. The Bertz CT molecular complexity index is 870. The van der Waals surface area contributed by atoms with E-state index >= 15 is 0 Å². The number of phenolic OH excluding ortho intramolecular Hbond substituents is 1. The number of hydrogen-bond donors (Lipinski definition) is 1. The number of halogens is 2. The van der Waals surface area contributed by atoms with Crippen molar-refractivity contribution in [3.05, 3.63) is 81.8 Å². The van der Waals surface area contributed by atoms with Crippen LogP contribution < -0.4 is 14.2 Å². The molecule has 0 atom stereocenters. The fraction of sp³-hybridized carbons (Fsp3) is 0.143. The second kappa shape index (κ2) is 8.89. The summed E-state index contributed by atoms with van der Waals surface area (Å²) >= 11 is 11.9. The van der Waals surface area contributed by atoms with Gasteiger partial charge in [0.25, 0.3) is 0 Å². The zero-order chi connectivity index (χ0) is 19.2. The largest absolute Gasteiger partial charge is 0.504 e. The third-order valence-corrected chi connectivity index (χ3v) is 4.36. The quantitative estimate of drug-likeness (QED) is 0.535. The molecule has 6 heteroatoms. The summed E-state index contributed by atoms with van der Waals surface area (Å²) in [7, 11) is 1.64. The molecule has 0 radical (unpaired) electrons. The van der Waals surface area contributed by atoms with Gasteiger partial charge in [0.05, 0.1) is 12.1 Å². The lowest BCUT2D eigenvalue weighted by Crippen LogP contribution is -1.98. The lowest BCUT2D eigenvalue weighted by molar-refractivity contribution is 0.288. The summed E-state index contributed by atoms with van der Waals surface area (Å²) in [6, 6.07) is 18.2. The van der Waals surface area contributed by atoms with Crippen LogP contribution in [0, 0.1) is 0 Å². The van der Waals surface area contributed by atoms with Crippen molar-refractivity contribution in [1.82, 2.24) is 0 Å². The molecule has 0 unspecified atom stereocenters. The molecule has 1 N–H and O–H groups in total. The van der Waals surface area contributed by atoms with Crippen LogP contribution in [0.25, 0.3) is 0 Å². The molecular formula is C21H18Cl2O4. The number of phenols is 1. The van der Waals surface area contributed by atoms with E-state index in [-0.39, 0.29) is 23.1 Å². The fourth-order valence-electron chi connectivity index (χ4n) is 2.42. The van der Waals surface area contributed by atoms with Crippen LogP contribution in [0.5, 0.6) is 23.0 Å². The van der Waals surface area contributed by atoms with Gasteiger partial charge in [-0.2, -0.15) is 0 Å². The maximum atomic E-state index is 9.88. The molecule has 140 valence electrons. The fourth-order valence-corrected chi connectivity index (χ4v) is 2.95. The van der Waals surface area contributed by atoms with Gasteiger partial charge in [0.15, 0.2) is 11.5 Å². The summed E-state index contributed by atoms with van der Waals surface area (Å²) < 4.78 is 16.5. The van der Waals surface area contributed by atoms with E-state index in [9.17, 15) is 5.11 Å². The van der Waals surface area contributed by atoms with Crippen LogP contribution in [0.3, 0.4) is 0 Å². The normalized spacial score (nSPS) is 10.5. The summed E-state index contributed by atoms with van der Waals surface area (Å²) in [5.74, 6) is 1.68. The molecule has 0 saturated carbocycles. The molecule has 0 spiro atoms. The topological polar surface area (TPSA) is 47.9 Å². The molecule has 3 rings (SSSR count). The first-order chi connectivity index (χ1) is 13.0. The number of methoxy groups -OCH3 is 1. The van der Waals surface area contributed by atoms with E-state index in [1.165, 1.54) is 12.1 Å². The molecule has 0 fully saturated rings. The summed E-state index contributed by atoms with van der Waals surface area (Å²) in [4.78, 5) is 0. The molecule has 0 saturated heterocycles. The zero-order valence-electron chi connectivity index (χ0n) is 14.6. The van der Waals surface area contributed by atoms with E-state index in [1.807, 2.05) is 48.5 Å². The van der Waals surface area contributed by atoms with Crippen LogP contribution in [0.15, 0.2) is 60.7 Å². The Labute approximate surface area is 167 Å². The molecule has 0 aliphatic heterocycles. The van der Waals surface area contributed by atoms with Crippen LogP contribution in [-0.2, 0) is 13.2 Å². The number of benzene rings is 3. The first-order valence-corrected chi connectivity index (χ1v) is 8.96. The number of hydrogen-bond acceptors (Lipinski definition) is 4. The van der Waals surface area contributed by atoms with E-state index in [4.69, 9.17) is 37.4 Å². The van der Waals surface area contributed by atoms with Crippen molar-refractivity contribution >= 4 is 23.2 Å². The number of rotatable bonds is 7. The van der Waals surface area contributed by atoms with Gasteiger partial charge in [0.2, 0.25) is 0 Å². The lowest BCUT2D eigenvalue weighted by atomic mass is 10.2. The highest BCUT2D eigenvalue weighted by atomic mass is 35.5. The van der Waals surface area contributed by atoms with Gasteiger partial charge in [-0.05, 0) is 41.5 Å². The molecule has 0 heterocycles. The van der Waals surface area contributed by atoms with Crippen LogP contribution in [0.4, 0.5) is 0 Å². The molecule has 3 aromatic carbocycles. The first kappa shape index (κ1) is 19.2. The van der Waals surface area contributed by atoms with Crippen molar-refractivity contribution in [3.63, 3.8) is 0 Å². The molecule has 0 aliphatic carbocycles. The van der Waals surface area contributed by atoms with Crippen LogP contribution in [0.2, 0.25) is 10.0 Å². The second-order valence-electron chi connectivity index (χ2n) is 5.81. The van der Waals surface area contributed by atoms with E-state index in [0.717, 1.165) is 22.6 Å². The highest BCUT2D eigenvalue weighted by Crippen LogP contribution is 2.37. The Balaban J connectivity index is 1.55. The maximum Gasteiger partial charge on any atom is 0.180 e. The van der Waals surface area contributed by atoms with Crippen molar-refractivity contribution in [3.8, 4) is 23.0 Å². The predicted octanol–water partition coefficient (Wildman–Crippen LogP) is 5.87. The standard InChI is InChI=1S/C21H18Cl2O4/c1-25-17-6-2-14(3-7-17)12-26-18-8-4-15(5-9-18)13-27-21-19(23)10-16(22)11-20(21)24/h2-11,24H,12-13H2,1H3. The monoisotopic (exact) mass is 404 g/mol. The van der Waals surface area contributed by atoms with E-state index < -0.39 is 0 Å². The Morgan fingerprint density at radius 3 is 1.89 bits per heavy atom. The Morgan fingerprint density at radius 1 is 0.778 bits per heavy atom. The molecule has 0 amide bonds. The van der Waals surface area contributed by atoms with Crippen molar-refractivity contribution < 1.29 is 19.3 Å². The molecule has 27 heavy (non-hydrogen) atoms. The third kappa shape index (κ3) is 5.22. The van der Waals surface area contributed by atoms with Crippen molar-refractivity contribution in [2.24, 2.45) is 0 Å². The number of ether oxygens (including phenoxy) is 3. The molecule has 0 aromatic heterocycles. The first-order valence-electron chi connectivity index (χ1n) is 8.20. The van der Waals surface area contributed by atoms with Crippen LogP contribution >= 0.6 is 23.2 Å². The predicted molar refractivity (Wildman–Crippen MR) is 106 cm³/mol. The van der Waals surface area contributed by atoms with Gasteiger partial charge in [-0.1, -0.05) is 47.5 Å². The number of aromatic hydroxyl groups is 1. The van der Waals surface area contributed by atoms with Crippen LogP contribution in [0.1, 0.15) is 11.1 Å². The Hall–Kier alpha value is -2.56. The van der Waals surface area contributed by atoms with Gasteiger partial charge in [-0.25, -0.2) is 0 Å². The van der Waals surface area contributed by atoms with Gasteiger partial charge in [-0.15, -0.1) is 0 Å². The highest BCUT2D eigenvalue weighted by molar-refractivity contribution is 6.35. The highest BCUT2D eigenvalue weighted by Gasteiger charge is 2.10. The van der Waals surface area contributed by atoms with Gasteiger partial charge in [-0.3, -0.25) is 0 Å². The van der Waals surface area contributed by atoms with Crippen molar-refractivity contribution in [1.29, 1.82) is 0 Å². The minimum Gasteiger partial charge on any atom is -0.504 e. The van der Waals surface area contributed by atoms with Gasteiger partial charge < -0.3 is 19.3 Å². The van der Waals surface area contributed by atoms with Crippen molar-refractivity contribution in [2.75, 3.05) is 7.11 Å². The Kier molecular flexibility index (Phi) is 6.32. The molecular weight excluding hydrogens is 387 g/mol. The summed E-state index contributed by atoms with van der Waals surface area (Å²) in [5.41, 5.74) is 1.97. The minimum absolute atomic E-state index is 0.0908. The van der Waals surface area contributed by atoms with E-state index in [2.05, 4.69) is 0 Å². The molecule has 4 nitrogen and oxygen atoms in total.